The first-order chi connectivity index (χ1) is 6.40. The fourth-order valence-corrected chi connectivity index (χ4v) is 3.59. The molecule has 2 unspecified atom stereocenters. The SMILES string of the molecule is CSC1CCCC(N2CCCC2)C1. The summed E-state index contributed by atoms with van der Waals surface area (Å²) < 4.78 is 0. The van der Waals surface area contributed by atoms with E-state index in [0.717, 1.165) is 11.3 Å². The Morgan fingerprint density at radius 3 is 2.54 bits per heavy atom. The van der Waals surface area contributed by atoms with Crippen LogP contribution in [0.5, 0.6) is 0 Å². The Balaban J connectivity index is 1.84. The predicted molar refractivity (Wildman–Crippen MR) is 60.4 cm³/mol. The van der Waals surface area contributed by atoms with Gasteiger partial charge in [-0.1, -0.05) is 6.42 Å². The van der Waals surface area contributed by atoms with Crippen molar-refractivity contribution in [2.75, 3.05) is 19.3 Å². The molecule has 13 heavy (non-hydrogen) atoms. The van der Waals surface area contributed by atoms with Gasteiger partial charge in [-0.15, -0.1) is 0 Å². The zero-order valence-corrected chi connectivity index (χ0v) is 9.48. The molecule has 2 atom stereocenters. The second kappa shape index (κ2) is 4.70. The highest BCUT2D eigenvalue weighted by molar-refractivity contribution is 7.99. The Hall–Kier alpha value is 0.310. The summed E-state index contributed by atoms with van der Waals surface area (Å²) >= 11 is 2.08. The van der Waals surface area contributed by atoms with Gasteiger partial charge in [0.1, 0.15) is 0 Å². The fourth-order valence-electron chi connectivity index (χ4n) is 2.77. The second-order valence-electron chi connectivity index (χ2n) is 4.42. The highest BCUT2D eigenvalue weighted by Gasteiger charge is 2.27. The van der Waals surface area contributed by atoms with Crippen LogP contribution in [0.2, 0.25) is 0 Å². The van der Waals surface area contributed by atoms with E-state index in [-0.39, 0.29) is 0 Å². The quantitative estimate of drug-likeness (QED) is 0.673. The van der Waals surface area contributed by atoms with Crippen LogP contribution in [0, 0.1) is 0 Å². The molecule has 2 rings (SSSR count). The van der Waals surface area contributed by atoms with Crippen molar-refractivity contribution in [1.82, 2.24) is 4.90 Å². The van der Waals surface area contributed by atoms with Crippen LogP contribution in [0.3, 0.4) is 0 Å². The third-order valence-corrected chi connectivity index (χ3v) is 4.68. The maximum atomic E-state index is 2.74. The third kappa shape index (κ3) is 2.41. The number of hydrogen-bond acceptors (Lipinski definition) is 2. The first-order valence-electron chi connectivity index (χ1n) is 5.67. The van der Waals surface area contributed by atoms with Crippen molar-refractivity contribution < 1.29 is 0 Å². The van der Waals surface area contributed by atoms with Crippen molar-refractivity contribution in [3.63, 3.8) is 0 Å². The predicted octanol–water partition coefficient (Wildman–Crippen LogP) is 2.76. The molecule has 1 aliphatic heterocycles. The van der Waals surface area contributed by atoms with Crippen molar-refractivity contribution in [3.8, 4) is 0 Å². The summed E-state index contributed by atoms with van der Waals surface area (Å²) in [5, 5.41) is 0.958. The number of thioether (sulfide) groups is 1. The molecule has 1 heterocycles. The monoisotopic (exact) mass is 199 g/mol. The number of nitrogens with zero attached hydrogens (tertiary/aromatic N) is 1. The summed E-state index contributed by atoms with van der Waals surface area (Å²) in [7, 11) is 0. The van der Waals surface area contributed by atoms with Crippen LogP contribution in [-0.2, 0) is 0 Å². The number of likely N-dealkylation sites (tertiary alicyclic amines) is 1. The number of rotatable bonds is 2. The Morgan fingerprint density at radius 2 is 1.85 bits per heavy atom. The molecule has 1 saturated heterocycles. The lowest BCUT2D eigenvalue weighted by Crippen LogP contribution is -2.37. The molecule has 0 radical (unpaired) electrons. The van der Waals surface area contributed by atoms with E-state index in [1.165, 1.54) is 51.6 Å². The Morgan fingerprint density at radius 1 is 1.08 bits per heavy atom. The first-order valence-corrected chi connectivity index (χ1v) is 6.96. The van der Waals surface area contributed by atoms with E-state index in [2.05, 4.69) is 22.9 Å². The van der Waals surface area contributed by atoms with Crippen LogP contribution in [0.15, 0.2) is 0 Å². The van der Waals surface area contributed by atoms with Crippen LogP contribution in [0.1, 0.15) is 38.5 Å². The fraction of sp³-hybridized carbons (Fsp3) is 1.00. The lowest BCUT2D eigenvalue weighted by atomic mass is 9.94. The van der Waals surface area contributed by atoms with Crippen LogP contribution in [0.4, 0.5) is 0 Å². The van der Waals surface area contributed by atoms with Gasteiger partial charge >= 0.3 is 0 Å². The van der Waals surface area contributed by atoms with Crippen molar-refractivity contribution in [3.05, 3.63) is 0 Å². The van der Waals surface area contributed by atoms with Gasteiger partial charge in [0, 0.05) is 11.3 Å². The van der Waals surface area contributed by atoms with Gasteiger partial charge in [0.05, 0.1) is 0 Å². The molecular weight excluding hydrogens is 178 g/mol. The largest absolute Gasteiger partial charge is 0.300 e. The maximum Gasteiger partial charge on any atom is 0.0106 e. The van der Waals surface area contributed by atoms with Gasteiger partial charge in [0.2, 0.25) is 0 Å². The summed E-state index contributed by atoms with van der Waals surface area (Å²) in [5.74, 6) is 0. The van der Waals surface area contributed by atoms with Crippen LogP contribution in [-0.4, -0.2) is 35.5 Å². The van der Waals surface area contributed by atoms with Crippen LogP contribution >= 0.6 is 11.8 Å². The molecule has 1 nitrogen and oxygen atoms in total. The van der Waals surface area contributed by atoms with E-state index in [1.54, 1.807) is 0 Å². The molecule has 2 fully saturated rings. The molecule has 2 heteroatoms. The molecule has 1 saturated carbocycles. The summed E-state index contributed by atoms with van der Waals surface area (Å²) in [6, 6.07) is 0.939. The van der Waals surface area contributed by atoms with E-state index < -0.39 is 0 Å². The van der Waals surface area contributed by atoms with Gasteiger partial charge in [0.15, 0.2) is 0 Å². The normalized spacial score (nSPS) is 36.7. The minimum atomic E-state index is 0.939. The molecular formula is C11H21NS. The minimum absolute atomic E-state index is 0.939. The number of hydrogen-bond donors (Lipinski definition) is 0. The Labute approximate surface area is 86.3 Å². The maximum absolute atomic E-state index is 2.74. The van der Waals surface area contributed by atoms with Crippen LogP contribution in [0.25, 0.3) is 0 Å². The van der Waals surface area contributed by atoms with Gasteiger partial charge in [-0.25, -0.2) is 0 Å². The summed E-state index contributed by atoms with van der Waals surface area (Å²) in [6.45, 7) is 2.76. The van der Waals surface area contributed by atoms with Crippen molar-refractivity contribution >= 4 is 11.8 Å². The van der Waals surface area contributed by atoms with E-state index in [9.17, 15) is 0 Å². The van der Waals surface area contributed by atoms with E-state index in [1.807, 2.05) is 0 Å². The third-order valence-electron chi connectivity index (χ3n) is 3.59. The van der Waals surface area contributed by atoms with Gasteiger partial charge < -0.3 is 4.90 Å². The molecule has 0 aromatic rings. The molecule has 0 aromatic heterocycles. The van der Waals surface area contributed by atoms with E-state index >= 15 is 0 Å². The van der Waals surface area contributed by atoms with E-state index in [0.29, 0.717) is 0 Å². The minimum Gasteiger partial charge on any atom is -0.300 e. The second-order valence-corrected chi connectivity index (χ2v) is 5.56. The van der Waals surface area contributed by atoms with Crippen molar-refractivity contribution in [2.45, 2.75) is 49.8 Å². The molecule has 0 spiro atoms. The van der Waals surface area contributed by atoms with Crippen molar-refractivity contribution in [2.24, 2.45) is 0 Å². The molecule has 0 aromatic carbocycles. The highest BCUT2D eigenvalue weighted by atomic mass is 32.2. The summed E-state index contributed by atoms with van der Waals surface area (Å²) in [6.07, 6.45) is 11.0. The Bertz CT molecular complexity index is 154. The Kier molecular flexibility index (Phi) is 3.56. The lowest BCUT2D eigenvalue weighted by molar-refractivity contribution is 0.194. The van der Waals surface area contributed by atoms with Gasteiger partial charge in [-0.05, 0) is 51.4 Å². The average molecular weight is 199 g/mol. The molecule has 0 N–H and O–H groups in total. The smallest absolute Gasteiger partial charge is 0.0106 e. The van der Waals surface area contributed by atoms with E-state index in [4.69, 9.17) is 0 Å². The standard InChI is InChI=1S/C11H21NS/c1-13-11-6-4-5-10(9-11)12-7-2-3-8-12/h10-11H,2-9H2,1H3. The molecule has 2 aliphatic rings. The summed E-state index contributed by atoms with van der Waals surface area (Å²) in [4.78, 5) is 2.74. The molecule has 1 aliphatic carbocycles. The van der Waals surface area contributed by atoms with Crippen LogP contribution < -0.4 is 0 Å². The average Bonchev–Trinajstić information content (AvgIpc) is 2.71. The zero-order chi connectivity index (χ0) is 9.10. The van der Waals surface area contributed by atoms with Gasteiger partial charge in [-0.3, -0.25) is 0 Å². The van der Waals surface area contributed by atoms with Gasteiger partial charge in [0.25, 0.3) is 0 Å². The van der Waals surface area contributed by atoms with Crippen molar-refractivity contribution in [1.29, 1.82) is 0 Å². The van der Waals surface area contributed by atoms with Gasteiger partial charge in [-0.2, -0.15) is 11.8 Å². The lowest BCUT2D eigenvalue weighted by Gasteiger charge is -2.34. The topological polar surface area (TPSA) is 3.24 Å². The zero-order valence-electron chi connectivity index (χ0n) is 8.67. The molecule has 76 valence electrons. The molecule has 0 amide bonds. The highest BCUT2D eigenvalue weighted by Crippen LogP contribution is 2.31. The first kappa shape index (κ1) is 9.85. The molecule has 0 bridgehead atoms. The summed E-state index contributed by atoms with van der Waals surface area (Å²) in [5.41, 5.74) is 0.